The molecule has 0 atom stereocenters. The Labute approximate surface area is 75.4 Å². The van der Waals surface area contributed by atoms with Crippen LogP contribution in [0.4, 0.5) is 0 Å². The van der Waals surface area contributed by atoms with Crippen LogP contribution in [0.5, 0.6) is 0 Å². The first-order chi connectivity index (χ1) is 6.29. The molecule has 1 aliphatic rings. The Morgan fingerprint density at radius 3 is 2.85 bits per heavy atom. The van der Waals surface area contributed by atoms with Crippen molar-refractivity contribution in [2.75, 3.05) is 0 Å². The number of aromatic nitrogens is 3. The number of carboxylic acids is 1. The summed E-state index contributed by atoms with van der Waals surface area (Å²) in [7, 11) is 0. The minimum Gasteiger partial charge on any atom is -0.475 e. The average molecular weight is 181 g/mol. The van der Waals surface area contributed by atoms with E-state index in [0.29, 0.717) is 6.04 Å². The highest BCUT2D eigenvalue weighted by molar-refractivity contribution is 5.83. The minimum atomic E-state index is -0.996. The molecule has 5 nitrogen and oxygen atoms in total. The molecule has 70 valence electrons. The Bertz CT molecular complexity index is 315. The van der Waals surface area contributed by atoms with Crippen molar-refractivity contribution in [3.05, 3.63) is 12.2 Å². The Morgan fingerprint density at radius 2 is 2.23 bits per heavy atom. The van der Waals surface area contributed by atoms with Gasteiger partial charge in [0.05, 0.1) is 0 Å². The normalized spacial score (nSPS) is 17.8. The van der Waals surface area contributed by atoms with E-state index in [4.69, 9.17) is 5.11 Å². The molecule has 0 unspecified atom stereocenters. The van der Waals surface area contributed by atoms with Crippen molar-refractivity contribution >= 4 is 5.97 Å². The van der Waals surface area contributed by atoms with Crippen LogP contribution in [0.2, 0.25) is 0 Å². The number of carboxylic acid groups (broad SMARTS) is 1. The quantitative estimate of drug-likeness (QED) is 0.741. The molecule has 0 aromatic carbocycles. The van der Waals surface area contributed by atoms with Crippen molar-refractivity contribution in [2.24, 2.45) is 0 Å². The van der Waals surface area contributed by atoms with Crippen LogP contribution in [-0.4, -0.2) is 25.8 Å². The topological polar surface area (TPSA) is 68.0 Å². The predicted octanol–water partition coefficient (Wildman–Crippen LogP) is 1.09. The smallest absolute Gasteiger partial charge is 0.374 e. The van der Waals surface area contributed by atoms with Crippen LogP contribution >= 0.6 is 0 Å². The Morgan fingerprint density at radius 1 is 1.54 bits per heavy atom. The summed E-state index contributed by atoms with van der Waals surface area (Å²) in [5.41, 5.74) is 0. The van der Waals surface area contributed by atoms with Crippen LogP contribution in [0.1, 0.15) is 42.3 Å². The number of rotatable bonds is 2. The molecule has 1 aromatic rings. The summed E-state index contributed by atoms with van der Waals surface area (Å²) in [6.45, 7) is 0. The molecule has 0 amide bonds. The molecule has 1 aromatic heterocycles. The van der Waals surface area contributed by atoms with Gasteiger partial charge in [-0.05, 0) is 12.8 Å². The highest BCUT2D eigenvalue weighted by Crippen LogP contribution is 2.29. The average Bonchev–Trinajstić information content (AvgIpc) is 2.74. The molecule has 1 saturated carbocycles. The number of hydrogen-bond acceptors (Lipinski definition) is 3. The molecule has 1 aliphatic carbocycles. The van der Waals surface area contributed by atoms with Crippen LogP contribution in [0.15, 0.2) is 6.33 Å². The van der Waals surface area contributed by atoms with E-state index in [0.717, 1.165) is 12.8 Å². The maximum atomic E-state index is 10.7. The van der Waals surface area contributed by atoms with Crippen LogP contribution in [0.3, 0.4) is 0 Å². The van der Waals surface area contributed by atoms with E-state index in [9.17, 15) is 4.79 Å². The third-order valence-corrected chi connectivity index (χ3v) is 2.48. The van der Waals surface area contributed by atoms with E-state index < -0.39 is 5.97 Å². The van der Waals surface area contributed by atoms with Gasteiger partial charge in [-0.25, -0.2) is 4.79 Å². The van der Waals surface area contributed by atoms with Crippen molar-refractivity contribution < 1.29 is 9.90 Å². The van der Waals surface area contributed by atoms with Gasteiger partial charge in [0.15, 0.2) is 0 Å². The van der Waals surface area contributed by atoms with Crippen molar-refractivity contribution in [1.82, 2.24) is 14.8 Å². The molecule has 0 radical (unpaired) electrons. The van der Waals surface area contributed by atoms with E-state index in [1.807, 2.05) is 0 Å². The highest BCUT2D eigenvalue weighted by atomic mass is 16.4. The summed E-state index contributed by atoms with van der Waals surface area (Å²) in [5, 5.41) is 16.0. The van der Waals surface area contributed by atoms with E-state index >= 15 is 0 Å². The monoisotopic (exact) mass is 181 g/mol. The van der Waals surface area contributed by atoms with Crippen molar-refractivity contribution in [1.29, 1.82) is 0 Å². The lowest BCUT2D eigenvalue weighted by molar-refractivity contribution is 0.0675. The Balaban J connectivity index is 2.28. The number of aromatic carboxylic acids is 1. The molecule has 2 rings (SSSR count). The van der Waals surface area contributed by atoms with Gasteiger partial charge in [0, 0.05) is 6.04 Å². The fraction of sp³-hybridized carbons (Fsp3) is 0.625. The molecule has 0 aliphatic heterocycles. The first kappa shape index (κ1) is 8.22. The predicted molar refractivity (Wildman–Crippen MR) is 44.5 cm³/mol. The number of hydrogen-bond donors (Lipinski definition) is 1. The van der Waals surface area contributed by atoms with E-state index in [-0.39, 0.29) is 5.82 Å². The van der Waals surface area contributed by atoms with Gasteiger partial charge in [-0.2, -0.15) is 0 Å². The van der Waals surface area contributed by atoms with Gasteiger partial charge in [-0.1, -0.05) is 12.8 Å². The molecule has 0 saturated heterocycles. The van der Waals surface area contributed by atoms with Gasteiger partial charge in [-0.15, -0.1) is 10.2 Å². The maximum absolute atomic E-state index is 10.7. The zero-order chi connectivity index (χ0) is 9.26. The molecule has 1 heterocycles. The number of carbonyl (C=O) groups is 1. The fourth-order valence-corrected chi connectivity index (χ4v) is 1.85. The maximum Gasteiger partial charge on any atom is 0.374 e. The second-order valence-electron chi connectivity index (χ2n) is 3.31. The van der Waals surface area contributed by atoms with Crippen LogP contribution in [0, 0.1) is 0 Å². The lowest BCUT2D eigenvalue weighted by Gasteiger charge is -2.10. The van der Waals surface area contributed by atoms with Crippen molar-refractivity contribution in [3.8, 4) is 0 Å². The molecule has 1 fully saturated rings. The van der Waals surface area contributed by atoms with Gasteiger partial charge in [0.1, 0.15) is 6.33 Å². The SMILES string of the molecule is O=C(O)c1nncn1C1CCCC1. The zero-order valence-corrected chi connectivity index (χ0v) is 7.18. The van der Waals surface area contributed by atoms with Gasteiger partial charge in [-0.3, -0.25) is 0 Å². The van der Waals surface area contributed by atoms with Gasteiger partial charge in [0.25, 0.3) is 0 Å². The standard InChI is InChI=1S/C8H11N3O2/c12-8(13)7-10-9-5-11(7)6-3-1-2-4-6/h5-6H,1-4H2,(H,12,13). The molecular formula is C8H11N3O2. The Kier molecular flexibility index (Phi) is 2.00. The van der Waals surface area contributed by atoms with E-state index in [1.54, 1.807) is 4.57 Å². The molecule has 0 spiro atoms. The third-order valence-electron chi connectivity index (χ3n) is 2.48. The Hall–Kier alpha value is -1.39. The van der Waals surface area contributed by atoms with Gasteiger partial charge >= 0.3 is 5.97 Å². The summed E-state index contributed by atoms with van der Waals surface area (Å²) in [4.78, 5) is 10.7. The van der Waals surface area contributed by atoms with Crippen molar-refractivity contribution in [2.45, 2.75) is 31.7 Å². The summed E-state index contributed by atoms with van der Waals surface area (Å²) in [6, 6.07) is 0.293. The zero-order valence-electron chi connectivity index (χ0n) is 7.18. The highest BCUT2D eigenvalue weighted by Gasteiger charge is 2.22. The fourth-order valence-electron chi connectivity index (χ4n) is 1.85. The molecule has 0 bridgehead atoms. The van der Waals surface area contributed by atoms with Gasteiger partial charge < -0.3 is 9.67 Å². The summed E-state index contributed by atoms with van der Waals surface area (Å²) >= 11 is 0. The lowest BCUT2D eigenvalue weighted by atomic mass is 10.2. The van der Waals surface area contributed by atoms with Crippen LogP contribution < -0.4 is 0 Å². The van der Waals surface area contributed by atoms with Crippen molar-refractivity contribution in [3.63, 3.8) is 0 Å². The van der Waals surface area contributed by atoms with Crippen LogP contribution in [-0.2, 0) is 0 Å². The molecule has 5 heteroatoms. The van der Waals surface area contributed by atoms with Crippen LogP contribution in [0.25, 0.3) is 0 Å². The van der Waals surface area contributed by atoms with Gasteiger partial charge in [0.2, 0.25) is 5.82 Å². The second-order valence-corrected chi connectivity index (χ2v) is 3.31. The third kappa shape index (κ3) is 1.41. The minimum absolute atomic E-state index is 0.0619. The lowest BCUT2D eigenvalue weighted by Crippen LogP contribution is -2.12. The van der Waals surface area contributed by atoms with E-state index in [1.165, 1.54) is 19.2 Å². The number of nitrogens with zero attached hydrogens (tertiary/aromatic N) is 3. The summed E-state index contributed by atoms with van der Waals surface area (Å²) in [6.07, 6.45) is 5.93. The summed E-state index contributed by atoms with van der Waals surface area (Å²) < 4.78 is 1.68. The first-order valence-corrected chi connectivity index (χ1v) is 4.42. The largest absolute Gasteiger partial charge is 0.475 e. The second kappa shape index (κ2) is 3.16. The molecule has 1 N–H and O–H groups in total. The molecule has 13 heavy (non-hydrogen) atoms. The first-order valence-electron chi connectivity index (χ1n) is 4.42. The summed E-state index contributed by atoms with van der Waals surface area (Å²) in [5.74, 6) is -0.934. The van der Waals surface area contributed by atoms with E-state index in [2.05, 4.69) is 10.2 Å². The molecular weight excluding hydrogens is 170 g/mol.